The standard InChI is InChI=1S/C15H23NO/c1-11-6-5-7-14(8-11)15(17)9-13(3)16(4)10-12(15)2/h5-8,12-13,17H,9-10H2,1-4H3/p+1/t12-,13+,15+/m0/s1. The molecule has 0 amide bonds. The van der Waals surface area contributed by atoms with Gasteiger partial charge in [-0.05, 0) is 19.4 Å². The van der Waals surface area contributed by atoms with E-state index >= 15 is 0 Å². The van der Waals surface area contributed by atoms with E-state index in [0.29, 0.717) is 12.0 Å². The maximum Gasteiger partial charge on any atom is 0.103 e. The fraction of sp³-hybridized carbons (Fsp3) is 0.600. The molecule has 1 aliphatic heterocycles. The van der Waals surface area contributed by atoms with Crippen LogP contribution in [-0.4, -0.2) is 24.7 Å². The largest absolute Gasteiger partial charge is 0.384 e. The molecule has 1 aliphatic rings. The van der Waals surface area contributed by atoms with E-state index < -0.39 is 5.60 Å². The molecule has 2 N–H and O–H groups in total. The van der Waals surface area contributed by atoms with E-state index in [-0.39, 0.29) is 0 Å². The van der Waals surface area contributed by atoms with Crippen molar-refractivity contribution >= 4 is 0 Å². The van der Waals surface area contributed by atoms with Gasteiger partial charge < -0.3 is 10.0 Å². The fourth-order valence-corrected chi connectivity index (χ4v) is 3.01. The maximum atomic E-state index is 11.0. The van der Waals surface area contributed by atoms with Gasteiger partial charge in [0, 0.05) is 12.3 Å². The Morgan fingerprint density at radius 1 is 1.35 bits per heavy atom. The smallest absolute Gasteiger partial charge is 0.103 e. The molecule has 0 spiro atoms. The molecule has 0 saturated carbocycles. The minimum Gasteiger partial charge on any atom is -0.384 e. The monoisotopic (exact) mass is 234 g/mol. The molecule has 17 heavy (non-hydrogen) atoms. The van der Waals surface area contributed by atoms with Crippen LogP contribution in [0.2, 0.25) is 0 Å². The van der Waals surface area contributed by atoms with Crippen molar-refractivity contribution in [1.29, 1.82) is 0 Å². The molecule has 2 rings (SSSR count). The van der Waals surface area contributed by atoms with Crippen molar-refractivity contribution in [2.45, 2.75) is 38.8 Å². The van der Waals surface area contributed by atoms with Gasteiger partial charge in [-0.2, -0.15) is 0 Å². The van der Waals surface area contributed by atoms with Gasteiger partial charge in [0.05, 0.1) is 19.6 Å². The average molecular weight is 234 g/mol. The summed E-state index contributed by atoms with van der Waals surface area (Å²) in [5.74, 6) is 0.306. The average Bonchev–Trinajstić information content (AvgIpc) is 2.26. The molecule has 0 aliphatic carbocycles. The first-order chi connectivity index (χ1) is 7.93. The van der Waals surface area contributed by atoms with E-state index in [1.807, 2.05) is 6.07 Å². The van der Waals surface area contributed by atoms with Gasteiger partial charge in [-0.3, -0.25) is 0 Å². The van der Waals surface area contributed by atoms with Crippen molar-refractivity contribution in [2.24, 2.45) is 5.92 Å². The van der Waals surface area contributed by atoms with Crippen LogP contribution >= 0.6 is 0 Å². The molecule has 1 unspecified atom stereocenters. The van der Waals surface area contributed by atoms with E-state index in [2.05, 4.69) is 46.0 Å². The van der Waals surface area contributed by atoms with Crippen LogP contribution in [0.5, 0.6) is 0 Å². The van der Waals surface area contributed by atoms with Crippen molar-refractivity contribution in [1.82, 2.24) is 0 Å². The highest BCUT2D eigenvalue weighted by Gasteiger charge is 2.44. The first-order valence-corrected chi connectivity index (χ1v) is 6.55. The van der Waals surface area contributed by atoms with Crippen LogP contribution in [0.1, 0.15) is 31.4 Å². The van der Waals surface area contributed by atoms with Crippen molar-refractivity contribution in [3.63, 3.8) is 0 Å². The summed E-state index contributed by atoms with van der Waals surface area (Å²) in [5, 5.41) is 11.0. The number of hydrogen-bond donors (Lipinski definition) is 2. The van der Waals surface area contributed by atoms with Gasteiger partial charge in [0.25, 0.3) is 0 Å². The van der Waals surface area contributed by atoms with Crippen LogP contribution in [0, 0.1) is 12.8 Å². The predicted octanol–water partition coefficient (Wildman–Crippen LogP) is 1.13. The molecule has 2 heteroatoms. The number of hydrogen-bond acceptors (Lipinski definition) is 1. The van der Waals surface area contributed by atoms with E-state index in [1.165, 1.54) is 10.5 Å². The summed E-state index contributed by atoms with van der Waals surface area (Å²) in [6.45, 7) is 7.51. The Kier molecular flexibility index (Phi) is 3.28. The SMILES string of the molecule is Cc1cccc([C@@]2(O)C[C@@H](C)[NH+](C)C[C@@H]2C)c1. The van der Waals surface area contributed by atoms with Crippen LogP contribution in [0.15, 0.2) is 24.3 Å². The lowest BCUT2D eigenvalue weighted by Gasteiger charge is -2.43. The van der Waals surface area contributed by atoms with Gasteiger partial charge in [0.15, 0.2) is 0 Å². The first-order valence-electron chi connectivity index (χ1n) is 6.55. The van der Waals surface area contributed by atoms with Crippen LogP contribution < -0.4 is 4.90 Å². The van der Waals surface area contributed by atoms with Crippen molar-refractivity contribution in [3.8, 4) is 0 Å². The Hall–Kier alpha value is -0.860. The Morgan fingerprint density at radius 3 is 2.71 bits per heavy atom. The summed E-state index contributed by atoms with van der Waals surface area (Å²) in [6.07, 6.45) is 0.851. The van der Waals surface area contributed by atoms with Gasteiger partial charge in [-0.15, -0.1) is 0 Å². The van der Waals surface area contributed by atoms with Gasteiger partial charge in [-0.1, -0.05) is 36.8 Å². The zero-order valence-corrected chi connectivity index (χ0v) is 11.3. The normalized spacial score (nSPS) is 38.1. The molecule has 0 aromatic heterocycles. The molecule has 2 nitrogen and oxygen atoms in total. The molecular formula is C15H24NO+. The topological polar surface area (TPSA) is 24.7 Å². The van der Waals surface area contributed by atoms with Gasteiger partial charge in [-0.25, -0.2) is 0 Å². The second-order valence-corrected chi connectivity index (χ2v) is 5.85. The number of rotatable bonds is 1. The Bertz CT molecular complexity index is 404. The second-order valence-electron chi connectivity index (χ2n) is 5.85. The van der Waals surface area contributed by atoms with Crippen LogP contribution in [-0.2, 0) is 5.60 Å². The number of likely N-dealkylation sites (tertiary alicyclic amines) is 1. The number of nitrogens with one attached hydrogen (secondary N) is 1. The lowest BCUT2D eigenvalue weighted by Crippen LogP contribution is -3.15. The van der Waals surface area contributed by atoms with Gasteiger partial charge in [0.2, 0.25) is 0 Å². The number of piperidine rings is 1. The van der Waals surface area contributed by atoms with Crippen molar-refractivity contribution in [2.75, 3.05) is 13.6 Å². The quantitative estimate of drug-likeness (QED) is 0.748. The molecular weight excluding hydrogens is 210 g/mol. The minimum atomic E-state index is -0.648. The summed E-state index contributed by atoms with van der Waals surface area (Å²) < 4.78 is 0. The molecule has 1 aromatic carbocycles. The molecule has 1 heterocycles. The summed E-state index contributed by atoms with van der Waals surface area (Å²) in [5.41, 5.74) is 1.66. The lowest BCUT2D eigenvalue weighted by atomic mass is 9.74. The number of quaternary nitrogens is 1. The number of benzene rings is 1. The summed E-state index contributed by atoms with van der Waals surface area (Å²) in [6, 6.07) is 8.84. The van der Waals surface area contributed by atoms with E-state index in [4.69, 9.17) is 0 Å². The summed E-state index contributed by atoms with van der Waals surface area (Å²) >= 11 is 0. The van der Waals surface area contributed by atoms with Gasteiger partial charge in [0.1, 0.15) is 5.60 Å². The van der Waals surface area contributed by atoms with Crippen molar-refractivity contribution in [3.05, 3.63) is 35.4 Å². The third kappa shape index (κ3) is 2.24. The van der Waals surface area contributed by atoms with E-state index in [0.717, 1.165) is 18.5 Å². The molecule has 1 aromatic rings. The van der Waals surface area contributed by atoms with Gasteiger partial charge >= 0.3 is 0 Å². The Balaban J connectivity index is 2.35. The highest BCUT2D eigenvalue weighted by molar-refractivity contribution is 5.28. The third-order valence-corrected chi connectivity index (χ3v) is 4.42. The number of aryl methyl sites for hydroxylation is 1. The first kappa shape index (κ1) is 12.6. The molecule has 1 fully saturated rings. The van der Waals surface area contributed by atoms with E-state index in [9.17, 15) is 5.11 Å². The minimum absolute atomic E-state index is 0.306. The lowest BCUT2D eigenvalue weighted by molar-refractivity contribution is -0.916. The molecule has 1 saturated heterocycles. The Morgan fingerprint density at radius 2 is 2.06 bits per heavy atom. The van der Waals surface area contributed by atoms with Crippen LogP contribution in [0.3, 0.4) is 0 Å². The summed E-state index contributed by atoms with van der Waals surface area (Å²) in [4.78, 5) is 1.52. The highest BCUT2D eigenvalue weighted by Crippen LogP contribution is 2.35. The number of aliphatic hydroxyl groups is 1. The van der Waals surface area contributed by atoms with Crippen LogP contribution in [0.25, 0.3) is 0 Å². The van der Waals surface area contributed by atoms with Crippen molar-refractivity contribution < 1.29 is 10.0 Å². The Labute approximate surface area is 104 Å². The second kappa shape index (κ2) is 4.43. The van der Waals surface area contributed by atoms with Crippen LogP contribution in [0.4, 0.5) is 0 Å². The molecule has 4 atom stereocenters. The predicted molar refractivity (Wildman–Crippen MR) is 70.1 cm³/mol. The third-order valence-electron chi connectivity index (χ3n) is 4.42. The zero-order chi connectivity index (χ0) is 12.6. The summed E-state index contributed by atoms with van der Waals surface area (Å²) in [7, 11) is 2.22. The fourth-order valence-electron chi connectivity index (χ4n) is 3.01. The molecule has 0 radical (unpaired) electrons. The maximum absolute atomic E-state index is 11.0. The van der Waals surface area contributed by atoms with E-state index in [1.54, 1.807) is 0 Å². The molecule has 0 bridgehead atoms. The molecule has 94 valence electrons. The zero-order valence-electron chi connectivity index (χ0n) is 11.3. The highest BCUT2D eigenvalue weighted by atomic mass is 16.3.